The number of nitrogens with one attached hydrogen (secondary N) is 2. The fourth-order valence-corrected chi connectivity index (χ4v) is 4.03. The van der Waals surface area contributed by atoms with Crippen molar-refractivity contribution >= 4 is 28.8 Å². The summed E-state index contributed by atoms with van der Waals surface area (Å²) in [6.07, 6.45) is 1.40. The van der Waals surface area contributed by atoms with Crippen LogP contribution in [0.1, 0.15) is 40.3 Å². The van der Waals surface area contributed by atoms with Crippen LogP contribution in [0.3, 0.4) is 0 Å². The molecule has 0 aliphatic carbocycles. The molecule has 2 heterocycles. The maximum absolute atomic E-state index is 12.4. The van der Waals surface area contributed by atoms with Crippen LogP contribution >= 0.6 is 11.3 Å². The summed E-state index contributed by atoms with van der Waals surface area (Å²) < 4.78 is 5.74. The number of carbonyl (C=O) groups is 2. The Kier molecular flexibility index (Phi) is 7.19. The minimum absolute atomic E-state index is 0.129. The van der Waals surface area contributed by atoms with Gasteiger partial charge in [-0.05, 0) is 49.9 Å². The van der Waals surface area contributed by atoms with Crippen LogP contribution in [0.5, 0.6) is 0 Å². The lowest BCUT2D eigenvalue weighted by Gasteiger charge is -2.35. The predicted molar refractivity (Wildman–Crippen MR) is 112 cm³/mol. The molecule has 1 aromatic heterocycles. The second kappa shape index (κ2) is 9.82. The number of thiophene rings is 1. The first kappa shape index (κ1) is 20.5. The van der Waals surface area contributed by atoms with Gasteiger partial charge in [-0.25, -0.2) is 0 Å². The number of benzene rings is 1. The van der Waals surface area contributed by atoms with Crippen molar-refractivity contribution in [2.75, 3.05) is 31.5 Å². The van der Waals surface area contributed by atoms with Crippen LogP contribution in [-0.2, 0) is 4.74 Å². The first-order valence-corrected chi connectivity index (χ1v) is 10.5. The molecular weight excluding hydrogens is 374 g/mol. The fourth-order valence-electron chi connectivity index (χ4n) is 3.41. The lowest BCUT2D eigenvalue weighted by atomic mass is 10.2. The van der Waals surface area contributed by atoms with Gasteiger partial charge in [0.2, 0.25) is 0 Å². The molecule has 0 spiro atoms. The van der Waals surface area contributed by atoms with Gasteiger partial charge in [-0.2, -0.15) is 0 Å². The molecular formula is C21H27N3O3S. The standard InChI is InChI=1S/C21H27N3O3S/c1-15-13-24(14-16(2)27-15)10-5-9-22-20(25)17-6-3-7-18(12-17)23-21(26)19-8-4-11-28-19/h3-4,6-8,11-12,15-16H,5,9-10,13-14H2,1-2H3,(H,22,25)(H,23,26)/t15-,16-/m1/s1. The molecule has 0 saturated carbocycles. The summed E-state index contributed by atoms with van der Waals surface area (Å²) in [6.45, 7) is 7.61. The van der Waals surface area contributed by atoms with Crippen LogP contribution in [0.15, 0.2) is 41.8 Å². The molecule has 2 N–H and O–H groups in total. The smallest absolute Gasteiger partial charge is 0.265 e. The molecule has 0 radical (unpaired) electrons. The molecule has 3 rings (SSSR count). The van der Waals surface area contributed by atoms with Crippen molar-refractivity contribution in [1.29, 1.82) is 0 Å². The molecule has 0 bridgehead atoms. The van der Waals surface area contributed by atoms with Crippen LogP contribution in [0.25, 0.3) is 0 Å². The van der Waals surface area contributed by atoms with Crippen molar-refractivity contribution in [3.05, 3.63) is 52.2 Å². The molecule has 2 amide bonds. The van der Waals surface area contributed by atoms with Crippen molar-refractivity contribution in [2.24, 2.45) is 0 Å². The van der Waals surface area contributed by atoms with Gasteiger partial charge in [-0.3, -0.25) is 14.5 Å². The van der Waals surface area contributed by atoms with E-state index >= 15 is 0 Å². The summed E-state index contributed by atoms with van der Waals surface area (Å²) >= 11 is 1.38. The summed E-state index contributed by atoms with van der Waals surface area (Å²) in [7, 11) is 0. The van der Waals surface area contributed by atoms with E-state index in [1.165, 1.54) is 11.3 Å². The third-order valence-corrected chi connectivity index (χ3v) is 5.43. The van der Waals surface area contributed by atoms with Gasteiger partial charge in [-0.1, -0.05) is 12.1 Å². The zero-order valence-corrected chi connectivity index (χ0v) is 17.1. The van der Waals surface area contributed by atoms with E-state index in [2.05, 4.69) is 29.4 Å². The second-order valence-electron chi connectivity index (χ2n) is 7.14. The van der Waals surface area contributed by atoms with Gasteiger partial charge in [0, 0.05) is 37.4 Å². The first-order chi connectivity index (χ1) is 13.5. The Labute approximate surface area is 169 Å². The topological polar surface area (TPSA) is 70.7 Å². The van der Waals surface area contributed by atoms with Crippen LogP contribution in [0, 0.1) is 0 Å². The fraction of sp³-hybridized carbons (Fsp3) is 0.429. The summed E-state index contributed by atoms with van der Waals surface area (Å²) in [6, 6.07) is 10.6. The van der Waals surface area contributed by atoms with Gasteiger partial charge in [0.05, 0.1) is 17.1 Å². The zero-order valence-electron chi connectivity index (χ0n) is 16.3. The van der Waals surface area contributed by atoms with E-state index in [-0.39, 0.29) is 24.0 Å². The highest BCUT2D eigenvalue weighted by Crippen LogP contribution is 2.15. The van der Waals surface area contributed by atoms with Crippen molar-refractivity contribution in [2.45, 2.75) is 32.5 Å². The summed E-state index contributed by atoms with van der Waals surface area (Å²) in [4.78, 5) is 27.6. The summed E-state index contributed by atoms with van der Waals surface area (Å²) in [5, 5.41) is 7.65. The minimum atomic E-state index is -0.165. The van der Waals surface area contributed by atoms with Crippen molar-refractivity contribution in [1.82, 2.24) is 10.2 Å². The monoisotopic (exact) mass is 401 g/mol. The molecule has 1 aliphatic rings. The van der Waals surface area contributed by atoms with Gasteiger partial charge in [0.25, 0.3) is 11.8 Å². The Hall–Kier alpha value is -2.22. The van der Waals surface area contributed by atoms with Crippen LogP contribution in [-0.4, -0.2) is 55.1 Å². The summed E-state index contributed by atoms with van der Waals surface area (Å²) in [5.41, 5.74) is 1.15. The largest absolute Gasteiger partial charge is 0.373 e. The lowest BCUT2D eigenvalue weighted by Crippen LogP contribution is -2.46. The van der Waals surface area contributed by atoms with Crippen molar-refractivity contribution in [3.63, 3.8) is 0 Å². The van der Waals surface area contributed by atoms with Crippen molar-refractivity contribution < 1.29 is 14.3 Å². The quantitative estimate of drug-likeness (QED) is 0.699. The molecule has 150 valence electrons. The lowest BCUT2D eigenvalue weighted by molar-refractivity contribution is -0.0680. The van der Waals surface area contributed by atoms with E-state index in [9.17, 15) is 9.59 Å². The van der Waals surface area contributed by atoms with Crippen LogP contribution < -0.4 is 10.6 Å². The SMILES string of the molecule is C[C@@H]1CN(CCCNC(=O)c2cccc(NC(=O)c3cccs3)c2)C[C@@H](C)O1. The molecule has 1 aromatic carbocycles. The average Bonchev–Trinajstić information content (AvgIpc) is 3.19. The Morgan fingerprint density at radius 3 is 2.64 bits per heavy atom. The van der Waals surface area contributed by atoms with Crippen LogP contribution in [0.4, 0.5) is 5.69 Å². The molecule has 0 unspecified atom stereocenters. The van der Waals surface area contributed by atoms with Gasteiger partial charge < -0.3 is 15.4 Å². The molecule has 7 heteroatoms. The number of hydrogen-bond donors (Lipinski definition) is 2. The zero-order chi connectivity index (χ0) is 19.9. The van der Waals surface area contributed by atoms with E-state index < -0.39 is 0 Å². The Balaban J connectivity index is 1.45. The Bertz CT molecular complexity index is 784. The maximum Gasteiger partial charge on any atom is 0.265 e. The van der Waals surface area contributed by atoms with Gasteiger partial charge in [0.15, 0.2) is 0 Å². The second-order valence-corrected chi connectivity index (χ2v) is 8.09. The Morgan fingerprint density at radius 2 is 1.93 bits per heavy atom. The number of morpholine rings is 1. The highest BCUT2D eigenvalue weighted by molar-refractivity contribution is 7.12. The molecule has 2 aromatic rings. The maximum atomic E-state index is 12.4. The van der Waals surface area contributed by atoms with E-state index in [0.29, 0.717) is 22.7 Å². The molecule has 6 nitrogen and oxygen atoms in total. The normalized spacial score (nSPS) is 19.9. The third-order valence-electron chi connectivity index (χ3n) is 4.56. The average molecular weight is 402 g/mol. The number of anilines is 1. The van der Waals surface area contributed by atoms with Gasteiger partial charge >= 0.3 is 0 Å². The number of amides is 2. The van der Waals surface area contributed by atoms with Crippen molar-refractivity contribution in [3.8, 4) is 0 Å². The third kappa shape index (κ3) is 5.89. The number of nitrogens with zero attached hydrogens (tertiary/aromatic N) is 1. The van der Waals surface area contributed by atoms with Gasteiger partial charge in [0.1, 0.15) is 0 Å². The first-order valence-electron chi connectivity index (χ1n) is 9.62. The van der Waals surface area contributed by atoms with Crippen LogP contribution in [0.2, 0.25) is 0 Å². The van der Waals surface area contributed by atoms with Gasteiger partial charge in [-0.15, -0.1) is 11.3 Å². The number of carbonyl (C=O) groups excluding carboxylic acids is 2. The summed E-state index contributed by atoms with van der Waals surface area (Å²) in [5.74, 6) is -0.294. The van der Waals surface area contributed by atoms with E-state index in [4.69, 9.17) is 4.74 Å². The molecule has 1 fully saturated rings. The molecule has 1 aliphatic heterocycles. The molecule has 2 atom stereocenters. The highest BCUT2D eigenvalue weighted by Gasteiger charge is 2.21. The minimum Gasteiger partial charge on any atom is -0.373 e. The highest BCUT2D eigenvalue weighted by atomic mass is 32.1. The number of ether oxygens (including phenoxy) is 1. The van der Waals surface area contributed by atoms with E-state index in [1.807, 2.05) is 11.4 Å². The van der Waals surface area contributed by atoms with E-state index in [1.54, 1.807) is 30.3 Å². The Morgan fingerprint density at radius 1 is 1.14 bits per heavy atom. The predicted octanol–water partition coefficient (Wildman–Crippen LogP) is 3.23. The molecule has 28 heavy (non-hydrogen) atoms. The molecule has 1 saturated heterocycles. The van der Waals surface area contributed by atoms with E-state index in [0.717, 1.165) is 26.1 Å². The number of rotatable bonds is 7. The number of hydrogen-bond acceptors (Lipinski definition) is 5.